The van der Waals surface area contributed by atoms with Gasteiger partial charge in [-0.1, -0.05) is 30.0 Å². The van der Waals surface area contributed by atoms with Crippen LogP contribution in [-0.4, -0.2) is 17.3 Å². The van der Waals surface area contributed by atoms with E-state index in [1.807, 2.05) is 25.1 Å². The molecule has 2 aromatic rings. The van der Waals surface area contributed by atoms with Crippen molar-refractivity contribution in [2.75, 3.05) is 12.0 Å². The first-order valence-corrected chi connectivity index (χ1v) is 7.79. The van der Waals surface area contributed by atoms with Crippen molar-refractivity contribution < 1.29 is 13.9 Å². The molecule has 1 aromatic carbocycles. The van der Waals surface area contributed by atoms with Crippen molar-refractivity contribution in [2.45, 2.75) is 6.92 Å². The number of methoxy groups -OCH3 is 1. The molecule has 1 aromatic heterocycles. The Bertz CT molecular complexity index is 766. The number of ether oxygens (including phenoxy) is 1. The monoisotopic (exact) mass is 331 g/mol. The lowest BCUT2D eigenvalue weighted by atomic mass is 10.1. The minimum Gasteiger partial charge on any atom is -0.496 e. The summed E-state index contributed by atoms with van der Waals surface area (Å²) in [5.74, 6) is 1.20. The third-order valence-electron chi connectivity index (χ3n) is 3.33. The second kappa shape index (κ2) is 5.98. The Morgan fingerprint density at radius 1 is 1.32 bits per heavy atom. The Balaban J connectivity index is 1.99. The van der Waals surface area contributed by atoms with Crippen LogP contribution in [0.1, 0.15) is 11.3 Å². The number of amides is 1. The number of thioether (sulfide) groups is 1. The Kier molecular flexibility index (Phi) is 4.04. The van der Waals surface area contributed by atoms with Crippen LogP contribution >= 0.6 is 24.0 Å². The predicted molar refractivity (Wildman–Crippen MR) is 92.1 cm³/mol. The maximum atomic E-state index is 12.7. The van der Waals surface area contributed by atoms with Crippen LogP contribution in [0.25, 0.3) is 6.08 Å². The molecule has 3 rings (SSSR count). The number of furan rings is 1. The number of nitrogens with zero attached hydrogens (tertiary/aromatic N) is 1. The quantitative estimate of drug-likeness (QED) is 0.628. The van der Waals surface area contributed by atoms with E-state index in [0.717, 1.165) is 17.0 Å². The highest BCUT2D eigenvalue weighted by atomic mass is 32.2. The van der Waals surface area contributed by atoms with Crippen LogP contribution in [0.2, 0.25) is 0 Å². The van der Waals surface area contributed by atoms with Crippen molar-refractivity contribution in [1.82, 2.24) is 0 Å². The largest absolute Gasteiger partial charge is 0.496 e. The maximum Gasteiger partial charge on any atom is 0.270 e. The predicted octanol–water partition coefficient (Wildman–Crippen LogP) is 4.00. The normalized spacial score (nSPS) is 16.6. The molecule has 1 saturated heterocycles. The summed E-state index contributed by atoms with van der Waals surface area (Å²) in [6.45, 7) is 1.91. The third kappa shape index (κ3) is 2.55. The molecule has 22 heavy (non-hydrogen) atoms. The van der Waals surface area contributed by atoms with Gasteiger partial charge in [-0.05, 0) is 31.2 Å². The molecule has 0 atom stereocenters. The van der Waals surface area contributed by atoms with E-state index in [4.69, 9.17) is 21.4 Å². The molecule has 0 saturated carbocycles. The van der Waals surface area contributed by atoms with Crippen molar-refractivity contribution in [3.63, 3.8) is 0 Å². The first-order chi connectivity index (χ1) is 10.6. The molecule has 0 bridgehead atoms. The minimum absolute atomic E-state index is 0.150. The summed E-state index contributed by atoms with van der Waals surface area (Å²) < 4.78 is 11.1. The highest BCUT2D eigenvalue weighted by molar-refractivity contribution is 8.27. The Labute approximate surface area is 137 Å². The van der Waals surface area contributed by atoms with Crippen molar-refractivity contribution in [3.8, 4) is 5.75 Å². The maximum absolute atomic E-state index is 12.7. The molecule has 1 aliphatic heterocycles. The molecule has 4 nitrogen and oxygen atoms in total. The van der Waals surface area contributed by atoms with Crippen molar-refractivity contribution >= 4 is 46.0 Å². The van der Waals surface area contributed by atoms with Gasteiger partial charge in [0, 0.05) is 11.6 Å². The van der Waals surface area contributed by atoms with E-state index in [-0.39, 0.29) is 5.91 Å². The Morgan fingerprint density at radius 2 is 2.14 bits per heavy atom. The minimum atomic E-state index is -0.150. The molecule has 0 radical (unpaired) electrons. The molecule has 1 amide bonds. The highest BCUT2D eigenvalue weighted by Gasteiger charge is 2.34. The van der Waals surface area contributed by atoms with Gasteiger partial charge in [0.25, 0.3) is 5.91 Å². The Morgan fingerprint density at radius 3 is 2.82 bits per heavy atom. The number of carbonyl (C=O) groups excluding carboxylic acids is 1. The SMILES string of the molecule is COc1cccc(N2C(=O)C(=Cc3ccco3)SC2=S)c1C. The molecular formula is C16H13NO3S2. The van der Waals surface area contributed by atoms with Crippen molar-refractivity contribution in [2.24, 2.45) is 0 Å². The van der Waals surface area contributed by atoms with E-state index in [9.17, 15) is 4.79 Å². The second-order valence-electron chi connectivity index (χ2n) is 4.64. The van der Waals surface area contributed by atoms with E-state index < -0.39 is 0 Å². The van der Waals surface area contributed by atoms with Crippen LogP contribution in [-0.2, 0) is 4.79 Å². The zero-order chi connectivity index (χ0) is 15.7. The van der Waals surface area contributed by atoms with Crippen LogP contribution < -0.4 is 9.64 Å². The van der Waals surface area contributed by atoms with Gasteiger partial charge in [0.2, 0.25) is 0 Å². The van der Waals surface area contributed by atoms with Gasteiger partial charge in [-0.3, -0.25) is 9.69 Å². The summed E-state index contributed by atoms with van der Waals surface area (Å²) in [6, 6.07) is 9.13. The molecule has 0 N–H and O–H groups in total. The first-order valence-electron chi connectivity index (χ1n) is 6.57. The summed E-state index contributed by atoms with van der Waals surface area (Å²) in [7, 11) is 1.60. The Hall–Kier alpha value is -2.05. The molecule has 0 spiro atoms. The average Bonchev–Trinajstić information content (AvgIpc) is 3.10. The lowest BCUT2D eigenvalue weighted by Crippen LogP contribution is -2.28. The summed E-state index contributed by atoms with van der Waals surface area (Å²) in [6.07, 6.45) is 3.27. The van der Waals surface area contributed by atoms with Gasteiger partial charge >= 0.3 is 0 Å². The van der Waals surface area contributed by atoms with Gasteiger partial charge in [0.1, 0.15) is 11.5 Å². The fourth-order valence-electron chi connectivity index (χ4n) is 2.24. The molecule has 6 heteroatoms. The van der Waals surface area contributed by atoms with Crippen LogP contribution in [0, 0.1) is 6.92 Å². The summed E-state index contributed by atoms with van der Waals surface area (Å²) in [4.78, 5) is 14.7. The molecule has 0 aliphatic carbocycles. The molecule has 1 fully saturated rings. The van der Waals surface area contributed by atoms with Crippen molar-refractivity contribution in [1.29, 1.82) is 0 Å². The van der Waals surface area contributed by atoms with E-state index in [2.05, 4.69) is 0 Å². The van der Waals surface area contributed by atoms with Crippen LogP contribution in [0.15, 0.2) is 45.9 Å². The summed E-state index contributed by atoms with van der Waals surface area (Å²) >= 11 is 6.63. The molecule has 2 heterocycles. The van der Waals surface area contributed by atoms with Gasteiger partial charge < -0.3 is 9.15 Å². The van der Waals surface area contributed by atoms with Gasteiger partial charge in [0.15, 0.2) is 4.32 Å². The summed E-state index contributed by atoms with van der Waals surface area (Å²) in [5.41, 5.74) is 1.62. The van der Waals surface area contributed by atoms with Gasteiger partial charge in [-0.25, -0.2) is 0 Å². The van der Waals surface area contributed by atoms with E-state index in [1.54, 1.807) is 31.6 Å². The summed E-state index contributed by atoms with van der Waals surface area (Å²) in [5, 5.41) is 0. The molecule has 0 unspecified atom stereocenters. The van der Waals surface area contributed by atoms with E-state index in [0.29, 0.717) is 15.0 Å². The molecule has 1 aliphatic rings. The fraction of sp³-hybridized carbons (Fsp3) is 0.125. The van der Waals surface area contributed by atoms with Crippen LogP contribution in [0.5, 0.6) is 5.75 Å². The smallest absolute Gasteiger partial charge is 0.270 e. The van der Waals surface area contributed by atoms with Gasteiger partial charge in [-0.2, -0.15) is 0 Å². The number of benzene rings is 1. The van der Waals surface area contributed by atoms with E-state index >= 15 is 0 Å². The first kappa shape index (κ1) is 14.9. The zero-order valence-corrected chi connectivity index (χ0v) is 13.7. The third-order valence-corrected chi connectivity index (χ3v) is 4.63. The van der Waals surface area contributed by atoms with Gasteiger partial charge in [-0.15, -0.1) is 0 Å². The molecular weight excluding hydrogens is 318 g/mol. The number of hydrogen-bond donors (Lipinski definition) is 0. The zero-order valence-electron chi connectivity index (χ0n) is 12.0. The van der Waals surface area contributed by atoms with Crippen LogP contribution in [0.4, 0.5) is 5.69 Å². The number of thiocarbonyl (C=S) groups is 1. The van der Waals surface area contributed by atoms with Gasteiger partial charge in [0.05, 0.1) is 24.0 Å². The highest BCUT2D eigenvalue weighted by Crippen LogP contribution is 2.39. The van der Waals surface area contributed by atoms with E-state index in [1.165, 1.54) is 16.7 Å². The van der Waals surface area contributed by atoms with Crippen molar-refractivity contribution in [3.05, 3.63) is 52.8 Å². The average molecular weight is 331 g/mol. The number of hydrogen-bond acceptors (Lipinski definition) is 5. The number of rotatable bonds is 3. The fourth-order valence-corrected chi connectivity index (χ4v) is 3.51. The molecule has 112 valence electrons. The lowest BCUT2D eigenvalue weighted by Gasteiger charge is -2.18. The lowest BCUT2D eigenvalue weighted by molar-refractivity contribution is -0.113. The number of anilines is 1. The second-order valence-corrected chi connectivity index (χ2v) is 6.31. The number of carbonyl (C=O) groups is 1. The topological polar surface area (TPSA) is 42.7 Å². The standard InChI is InChI=1S/C16H13NO3S2/c1-10-12(6-3-7-13(10)19-2)17-15(18)14(22-16(17)21)9-11-5-4-8-20-11/h3-9H,1-2H3. The van der Waals surface area contributed by atoms with Crippen LogP contribution in [0.3, 0.4) is 0 Å².